The van der Waals surface area contributed by atoms with E-state index < -0.39 is 0 Å². The highest BCUT2D eigenvalue weighted by Gasteiger charge is 2.26. The molecule has 1 heteroatoms. The van der Waals surface area contributed by atoms with Crippen LogP contribution in [-0.4, -0.2) is 5.78 Å². The lowest BCUT2D eigenvalue weighted by atomic mass is 9.77. The number of carbonyl (C=O) groups excluding carboxylic acids is 1. The van der Waals surface area contributed by atoms with E-state index in [2.05, 4.69) is 26.0 Å². The Morgan fingerprint density at radius 1 is 1.26 bits per heavy atom. The molecule has 2 unspecified atom stereocenters. The van der Waals surface area contributed by atoms with Gasteiger partial charge in [-0.2, -0.15) is 0 Å². The third kappa shape index (κ3) is 3.68. The van der Waals surface area contributed by atoms with Gasteiger partial charge in [0.2, 0.25) is 0 Å². The summed E-state index contributed by atoms with van der Waals surface area (Å²) in [6, 6.07) is 8.28. The zero-order valence-electron chi connectivity index (χ0n) is 12.3. The van der Waals surface area contributed by atoms with Gasteiger partial charge in [0.1, 0.15) is 0 Å². The number of aryl methyl sites for hydroxylation is 1. The Labute approximate surface area is 117 Å². The molecule has 0 N–H and O–H groups in total. The first kappa shape index (κ1) is 14.3. The Balaban J connectivity index is 2.08. The molecule has 2 atom stereocenters. The van der Waals surface area contributed by atoms with Crippen molar-refractivity contribution in [1.82, 2.24) is 0 Å². The number of hydrogen-bond donors (Lipinski definition) is 0. The van der Waals surface area contributed by atoms with Gasteiger partial charge < -0.3 is 0 Å². The first-order valence-corrected chi connectivity index (χ1v) is 7.87. The molecule has 0 saturated heterocycles. The number of ketones is 1. The van der Waals surface area contributed by atoms with Crippen molar-refractivity contribution in [3.8, 4) is 0 Å². The van der Waals surface area contributed by atoms with Gasteiger partial charge in [0, 0.05) is 11.5 Å². The summed E-state index contributed by atoms with van der Waals surface area (Å²) in [5.41, 5.74) is 2.24. The summed E-state index contributed by atoms with van der Waals surface area (Å²) in [4.78, 5) is 12.6. The smallest absolute Gasteiger partial charge is 0.165 e. The van der Waals surface area contributed by atoms with Gasteiger partial charge >= 0.3 is 0 Å². The average molecular weight is 258 g/mol. The molecule has 0 radical (unpaired) electrons. The van der Waals surface area contributed by atoms with E-state index >= 15 is 0 Å². The second-order valence-corrected chi connectivity index (χ2v) is 5.95. The Bertz CT molecular complexity index is 421. The van der Waals surface area contributed by atoms with Crippen LogP contribution in [0, 0.1) is 11.8 Å². The minimum atomic E-state index is 0.274. The van der Waals surface area contributed by atoms with Crippen molar-refractivity contribution in [1.29, 1.82) is 0 Å². The number of carbonyl (C=O) groups is 1. The van der Waals surface area contributed by atoms with E-state index in [1.807, 2.05) is 12.1 Å². The van der Waals surface area contributed by atoms with E-state index in [0.29, 0.717) is 5.78 Å². The van der Waals surface area contributed by atoms with E-state index in [1.165, 1.54) is 24.8 Å². The van der Waals surface area contributed by atoms with Crippen LogP contribution < -0.4 is 0 Å². The maximum atomic E-state index is 12.6. The van der Waals surface area contributed by atoms with Crippen molar-refractivity contribution in [2.45, 2.75) is 58.8 Å². The molecule has 1 fully saturated rings. The predicted octanol–water partition coefficient (Wildman–Crippen LogP) is 5.04. The zero-order valence-corrected chi connectivity index (χ0v) is 12.3. The maximum absolute atomic E-state index is 12.6. The topological polar surface area (TPSA) is 17.1 Å². The second kappa shape index (κ2) is 6.88. The van der Waals surface area contributed by atoms with Crippen molar-refractivity contribution in [2.75, 3.05) is 0 Å². The normalized spacial score (nSPS) is 23.3. The van der Waals surface area contributed by atoms with Crippen molar-refractivity contribution in [3.63, 3.8) is 0 Å². The van der Waals surface area contributed by atoms with Crippen LogP contribution in [0.5, 0.6) is 0 Å². The first-order valence-electron chi connectivity index (χ1n) is 7.87. The summed E-state index contributed by atoms with van der Waals surface area (Å²) in [6.45, 7) is 4.43. The predicted molar refractivity (Wildman–Crippen MR) is 80.5 cm³/mol. The fourth-order valence-electron chi connectivity index (χ4n) is 3.30. The van der Waals surface area contributed by atoms with Crippen LogP contribution >= 0.6 is 0 Å². The standard InChI is InChI=1S/C18H26O/c1-3-7-15-9-6-11-17(13-15)18(19)16-10-5-8-14(4-2)12-16/h6,9,11,13-14,16H,3-5,7-8,10,12H2,1-2H3. The Hall–Kier alpha value is -1.11. The molecule has 1 aromatic carbocycles. The third-order valence-electron chi connectivity index (χ3n) is 4.48. The molecular formula is C18H26O. The summed E-state index contributed by atoms with van der Waals surface area (Å²) in [5, 5.41) is 0. The molecular weight excluding hydrogens is 232 g/mol. The minimum Gasteiger partial charge on any atom is -0.294 e. The monoisotopic (exact) mass is 258 g/mol. The highest BCUT2D eigenvalue weighted by atomic mass is 16.1. The van der Waals surface area contributed by atoms with Crippen molar-refractivity contribution >= 4 is 5.78 Å². The summed E-state index contributed by atoms with van der Waals surface area (Å²) in [6.07, 6.45) is 8.17. The van der Waals surface area contributed by atoms with Gasteiger partial charge in [0.05, 0.1) is 0 Å². The molecule has 0 aliphatic heterocycles. The van der Waals surface area contributed by atoms with Gasteiger partial charge in [0.15, 0.2) is 5.78 Å². The fourth-order valence-corrected chi connectivity index (χ4v) is 3.30. The van der Waals surface area contributed by atoms with Crippen molar-refractivity contribution in [2.24, 2.45) is 11.8 Å². The van der Waals surface area contributed by atoms with Gasteiger partial charge in [-0.1, -0.05) is 57.7 Å². The highest BCUT2D eigenvalue weighted by molar-refractivity contribution is 5.98. The quantitative estimate of drug-likeness (QED) is 0.676. The zero-order chi connectivity index (χ0) is 13.7. The third-order valence-corrected chi connectivity index (χ3v) is 4.48. The van der Waals surface area contributed by atoms with Gasteiger partial charge in [-0.15, -0.1) is 0 Å². The molecule has 0 spiro atoms. The second-order valence-electron chi connectivity index (χ2n) is 5.95. The van der Waals surface area contributed by atoms with Crippen molar-refractivity contribution < 1.29 is 4.79 Å². The number of rotatable bonds is 5. The minimum absolute atomic E-state index is 0.274. The summed E-state index contributed by atoms with van der Waals surface area (Å²) >= 11 is 0. The molecule has 0 bridgehead atoms. The SMILES string of the molecule is CCCc1cccc(C(=O)C2CCCC(CC)C2)c1. The van der Waals surface area contributed by atoms with Gasteiger partial charge in [-0.3, -0.25) is 4.79 Å². The largest absolute Gasteiger partial charge is 0.294 e. The van der Waals surface area contributed by atoms with Crippen molar-refractivity contribution in [3.05, 3.63) is 35.4 Å². The summed E-state index contributed by atoms with van der Waals surface area (Å²) < 4.78 is 0. The molecule has 0 heterocycles. The molecule has 1 aliphatic rings. The molecule has 104 valence electrons. The first-order chi connectivity index (χ1) is 9.24. The Morgan fingerprint density at radius 3 is 2.84 bits per heavy atom. The molecule has 0 aromatic heterocycles. The number of hydrogen-bond acceptors (Lipinski definition) is 1. The van der Waals surface area contributed by atoms with E-state index in [4.69, 9.17) is 0 Å². The van der Waals surface area contributed by atoms with Crippen LogP contribution in [0.1, 0.15) is 68.3 Å². The maximum Gasteiger partial charge on any atom is 0.165 e. The van der Waals surface area contributed by atoms with Crippen LogP contribution in [0.25, 0.3) is 0 Å². The van der Waals surface area contributed by atoms with Crippen LogP contribution in [-0.2, 0) is 6.42 Å². The molecule has 1 nitrogen and oxygen atoms in total. The summed E-state index contributed by atoms with van der Waals surface area (Å²) in [5.74, 6) is 1.42. The molecule has 1 aliphatic carbocycles. The van der Waals surface area contributed by atoms with E-state index in [0.717, 1.165) is 37.2 Å². The van der Waals surface area contributed by atoms with Crippen LogP contribution in [0.2, 0.25) is 0 Å². The van der Waals surface area contributed by atoms with Crippen LogP contribution in [0.15, 0.2) is 24.3 Å². The molecule has 0 amide bonds. The number of benzene rings is 1. The lowest BCUT2D eigenvalue weighted by Crippen LogP contribution is -2.22. The average Bonchev–Trinajstić information content (AvgIpc) is 2.47. The Morgan fingerprint density at radius 2 is 2.11 bits per heavy atom. The van der Waals surface area contributed by atoms with Crippen LogP contribution in [0.4, 0.5) is 0 Å². The Kier molecular flexibility index (Phi) is 5.18. The molecule has 19 heavy (non-hydrogen) atoms. The lowest BCUT2D eigenvalue weighted by Gasteiger charge is -2.27. The van der Waals surface area contributed by atoms with Gasteiger partial charge in [-0.25, -0.2) is 0 Å². The fraction of sp³-hybridized carbons (Fsp3) is 0.611. The molecule has 1 aromatic rings. The molecule has 1 saturated carbocycles. The van der Waals surface area contributed by atoms with Crippen LogP contribution in [0.3, 0.4) is 0 Å². The van der Waals surface area contributed by atoms with E-state index in [-0.39, 0.29) is 5.92 Å². The molecule has 2 rings (SSSR count). The van der Waals surface area contributed by atoms with E-state index in [9.17, 15) is 4.79 Å². The number of Topliss-reactive ketones (excluding diaryl/α,β-unsaturated/α-hetero) is 1. The summed E-state index contributed by atoms with van der Waals surface area (Å²) in [7, 11) is 0. The highest BCUT2D eigenvalue weighted by Crippen LogP contribution is 2.33. The van der Waals surface area contributed by atoms with Gasteiger partial charge in [-0.05, 0) is 36.8 Å². The van der Waals surface area contributed by atoms with E-state index in [1.54, 1.807) is 0 Å². The lowest BCUT2D eigenvalue weighted by molar-refractivity contribution is 0.0862. The van der Waals surface area contributed by atoms with Gasteiger partial charge in [0.25, 0.3) is 0 Å².